The van der Waals surface area contributed by atoms with E-state index in [0.717, 1.165) is 29.5 Å². The molecule has 0 radical (unpaired) electrons. The van der Waals surface area contributed by atoms with E-state index in [0.29, 0.717) is 19.3 Å². The molecule has 1 fully saturated rings. The molecule has 1 saturated carbocycles. The highest BCUT2D eigenvalue weighted by molar-refractivity contribution is 5.94. The Morgan fingerprint density at radius 2 is 1.50 bits per heavy atom. The number of aliphatic hydroxyl groups is 1. The minimum atomic E-state index is -0.751. The first kappa shape index (κ1) is 34.9. The third kappa shape index (κ3) is 11.5. The van der Waals surface area contributed by atoms with E-state index in [1.54, 1.807) is 20.2 Å². The van der Waals surface area contributed by atoms with Gasteiger partial charge in [0.15, 0.2) is 5.78 Å². The first-order valence-electron chi connectivity index (χ1n) is 15.2. The maximum absolute atomic E-state index is 13.6. The zero-order chi connectivity index (χ0) is 31.3. The van der Waals surface area contributed by atoms with Crippen LogP contribution >= 0.6 is 0 Å². The van der Waals surface area contributed by atoms with Crippen molar-refractivity contribution in [2.45, 2.75) is 103 Å². The summed E-state index contributed by atoms with van der Waals surface area (Å²) in [5, 5.41) is 8.91. The lowest BCUT2D eigenvalue weighted by Crippen LogP contribution is -2.53. The summed E-state index contributed by atoms with van der Waals surface area (Å²) in [5.74, 6) is -0.617. The summed E-state index contributed by atoms with van der Waals surface area (Å²) in [6.07, 6.45) is 10.5. The van der Waals surface area contributed by atoms with E-state index in [9.17, 15) is 14.4 Å². The van der Waals surface area contributed by atoms with Gasteiger partial charge in [0.25, 0.3) is 0 Å². The number of Topliss-reactive ketones (excluding diaryl/α,β-unsaturated/α-hetero) is 1. The summed E-state index contributed by atoms with van der Waals surface area (Å²) in [6.45, 7) is 7.14. The van der Waals surface area contributed by atoms with Crippen LogP contribution in [-0.4, -0.2) is 70.3 Å². The van der Waals surface area contributed by atoms with Crippen molar-refractivity contribution in [2.75, 3.05) is 14.1 Å². The number of benzene rings is 2. The number of nitrogens with two attached hydrogens (primary N) is 1. The molecule has 7 heteroatoms. The molecule has 0 aromatic heterocycles. The normalized spacial score (nSPS) is 15.3. The molecule has 1 aliphatic carbocycles. The molecule has 42 heavy (non-hydrogen) atoms. The molecule has 0 aliphatic heterocycles. The van der Waals surface area contributed by atoms with Gasteiger partial charge in [-0.3, -0.25) is 14.4 Å². The molecule has 0 bridgehead atoms. The molecular weight excluding hydrogens is 526 g/mol. The molecular formula is C35H51N3O4. The monoisotopic (exact) mass is 577 g/mol. The first-order chi connectivity index (χ1) is 19.8. The zero-order valence-corrected chi connectivity index (χ0v) is 26.4. The van der Waals surface area contributed by atoms with Gasteiger partial charge in [0.1, 0.15) is 6.04 Å². The van der Waals surface area contributed by atoms with Crippen molar-refractivity contribution in [1.82, 2.24) is 9.80 Å². The third-order valence-electron chi connectivity index (χ3n) is 7.74. The van der Waals surface area contributed by atoms with E-state index >= 15 is 0 Å². The maximum Gasteiger partial charge on any atom is 0.246 e. The fraction of sp³-hybridized carbons (Fsp3) is 0.514. The van der Waals surface area contributed by atoms with Crippen LogP contribution in [0.5, 0.6) is 0 Å². The van der Waals surface area contributed by atoms with Crippen LogP contribution in [0.4, 0.5) is 0 Å². The second-order valence-corrected chi connectivity index (χ2v) is 12.1. The molecule has 0 spiro atoms. The van der Waals surface area contributed by atoms with Crippen LogP contribution < -0.4 is 5.73 Å². The molecule has 2 aromatic carbocycles. The molecule has 7 nitrogen and oxygen atoms in total. The molecule has 0 heterocycles. The lowest BCUT2D eigenvalue weighted by atomic mass is 9.98. The Hall–Kier alpha value is -3.29. The van der Waals surface area contributed by atoms with Crippen molar-refractivity contribution < 1.29 is 19.5 Å². The van der Waals surface area contributed by atoms with Crippen LogP contribution in [0.15, 0.2) is 66.7 Å². The Kier molecular flexibility index (Phi) is 14.1. The van der Waals surface area contributed by atoms with Gasteiger partial charge in [-0.25, -0.2) is 0 Å². The van der Waals surface area contributed by atoms with Gasteiger partial charge in [-0.15, -0.1) is 0 Å². The first-order valence-corrected chi connectivity index (χ1v) is 15.2. The lowest BCUT2D eigenvalue weighted by molar-refractivity contribution is -0.145. The molecule has 3 rings (SSSR count). The van der Waals surface area contributed by atoms with Crippen LogP contribution in [0.3, 0.4) is 0 Å². The smallest absolute Gasteiger partial charge is 0.246 e. The summed E-state index contributed by atoms with van der Waals surface area (Å²) >= 11 is 0. The van der Waals surface area contributed by atoms with Gasteiger partial charge < -0.3 is 20.6 Å². The number of nitrogens with zero attached hydrogens (tertiary/aromatic N) is 2. The summed E-state index contributed by atoms with van der Waals surface area (Å²) in [4.78, 5) is 41.6. The van der Waals surface area contributed by atoms with E-state index < -0.39 is 17.6 Å². The van der Waals surface area contributed by atoms with E-state index in [1.807, 2.05) is 75.4 Å². The maximum atomic E-state index is 13.6. The minimum Gasteiger partial charge on any atom is -0.393 e. The van der Waals surface area contributed by atoms with Gasteiger partial charge in [-0.1, -0.05) is 86.9 Å². The van der Waals surface area contributed by atoms with Gasteiger partial charge in [-0.2, -0.15) is 0 Å². The van der Waals surface area contributed by atoms with Crippen LogP contribution in [0, 0.1) is 0 Å². The Balaban J connectivity index is 0.000000766. The highest BCUT2D eigenvalue weighted by atomic mass is 16.3. The lowest BCUT2D eigenvalue weighted by Gasteiger charge is -2.33. The van der Waals surface area contributed by atoms with E-state index in [-0.39, 0.29) is 23.7 Å². The van der Waals surface area contributed by atoms with Crippen molar-refractivity contribution >= 4 is 17.6 Å². The van der Waals surface area contributed by atoms with E-state index in [4.69, 9.17) is 10.8 Å². The van der Waals surface area contributed by atoms with Crippen molar-refractivity contribution in [1.29, 1.82) is 0 Å². The number of rotatable bonds is 11. The predicted molar refractivity (Wildman–Crippen MR) is 171 cm³/mol. The summed E-state index contributed by atoms with van der Waals surface area (Å²) in [7, 11) is 3.26. The Labute approximate surface area is 252 Å². The van der Waals surface area contributed by atoms with Crippen LogP contribution in [0.25, 0.3) is 11.1 Å². The largest absolute Gasteiger partial charge is 0.393 e. The number of likely N-dealkylation sites (N-methyl/N-ethyl adjacent to an activating group) is 2. The fourth-order valence-corrected chi connectivity index (χ4v) is 5.12. The number of ketones is 1. The zero-order valence-electron chi connectivity index (χ0n) is 26.4. The molecule has 2 aromatic rings. The van der Waals surface area contributed by atoms with Crippen molar-refractivity contribution in [3.8, 4) is 11.1 Å². The fourth-order valence-electron chi connectivity index (χ4n) is 5.12. The highest BCUT2D eigenvalue weighted by Gasteiger charge is 2.32. The highest BCUT2D eigenvalue weighted by Crippen LogP contribution is 2.21. The standard InChI is InChI=1S/C29H39N3O3.C6H12O/c1-7-25(21(2)33)32(6)28(35)26(31(5)27(34)14-11-19-29(3,4)30)20-22-15-17-24(18-16-22)23-12-9-8-10-13-23;7-6-4-2-1-3-5-6/h8-18,25-26H,7,19-20,30H2,1-6H3;6-7H,1-5H2/b14-11+;/t25-,26-;/m1./s1. The number of aliphatic hydroxyl groups excluding tert-OH is 1. The number of carbonyl (C=O) groups excluding carboxylic acids is 3. The molecule has 0 unspecified atom stereocenters. The predicted octanol–water partition coefficient (Wildman–Crippen LogP) is 5.54. The summed E-state index contributed by atoms with van der Waals surface area (Å²) in [5.41, 5.74) is 8.70. The van der Waals surface area contributed by atoms with Gasteiger partial charge in [0.2, 0.25) is 11.8 Å². The van der Waals surface area contributed by atoms with Gasteiger partial charge in [-0.05, 0) is 69.2 Å². The van der Waals surface area contributed by atoms with E-state index in [2.05, 4.69) is 0 Å². The molecule has 2 amide bonds. The van der Waals surface area contributed by atoms with E-state index in [1.165, 1.54) is 42.1 Å². The third-order valence-corrected chi connectivity index (χ3v) is 7.74. The number of hydrogen-bond acceptors (Lipinski definition) is 5. The molecule has 0 saturated heterocycles. The Morgan fingerprint density at radius 1 is 0.929 bits per heavy atom. The topological polar surface area (TPSA) is 104 Å². The summed E-state index contributed by atoms with van der Waals surface area (Å²) in [6, 6.07) is 16.8. The SMILES string of the molecule is CC[C@H](C(C)=O)N(C)C(=O)[C@@H](Cc1ccc(-c2ccccc2)cc1)N(C)C(=O)/C=C/CC(C)(C)N.OC1CCCCC1. The van der Waals surface area contributed by atoms with Crippen LogP contribution in [-0.2, 0) is 20.8 Å². The van der Waals surface area contributed by atoms with Crippen molar-refractivity contribution in [3.63, 3.8) is 0 Å². The Morgan fingerprint density at radius 3 is 1.98 bits per heavy atom. The quantitative estimate of drug-likeness (QED) is 0.341. The molecule has 230 valence electrons. The van der Waals surface area contributed by atoms with Crippen LogP contribution in [0.1, 0.15) is 78.2 Å². The van der Waals surface area contributed by atoms with Gasteiger partial charge in [0, 0.05) is 26.1 Å². The van der Waals surface area contributed by atoms with Crippen molar-refractivity contribution in [3.05, 3.63) is 72.3 Å². The van der Waals surface area contributed by atoms with Gasteiger partial charge in [0.05, 0.1) is 12.1 Å². The number of carbonyl (C=O) groups is 3. The molecule has 1 aliphatic rings. The molecule has 2 atom stereocenters. The average Bonchev–Trinajstić information content (AvgIpc) is 2.96. The Bertz CT molecular complexity index is 1150. The number of hydrogen-bond donors (Lipinski definition) is 2. The van der Waals surface area contributed by atoms with Gasteiger partial charge >= 0.3 is 0 Å². The van der Waals surface area contributed by atoms with Crippen LogP contribution in [0.2, 0.25) is 0 Å². The van der Waals surface area contributed by atoms with Crippen molar-refractivity contribution in [2.24, 2.45) is 5.73 Å². The summed E-state index contributed by atoms with van der Waals surface area (Å²) < 4.78 is 0. The minimum absolute atomic E-state index is 0.0359. The second kappa shape index (κ2) is 17.0. The average molecular weight is 578 g/mol. The number of amides is 2. The molecule has 3 N–H and O–H groups in total. The second-order valence-electron chi connectivity index (χ2n) is 12.1.